The third kappa shape index (κ3) is 3.31. The molecule has 0 aliphatic heterocycles. The van der Waals surface area contributed by atoms with Crippen molar-refractivity contribution in [3.63, 3.8) is 0 Å². The van der Waals surface area contributed by atoms with Gasteiger partial charge in [-0.05, 0) is 79.9 Å². The topological polar surface area (TPSA) is 74.8 Å². The average molecular weight is 363 g/mol. The second-order valence-corrected chi connectivity index (χ2v) is 9.03. The molecule has 0 unspecified atom stereocenters. The number of hydrogen-bond donors (Lipinski definition) is 2. The number of anilines is 1. The van der Waals surface area contributed by atoms with E-state index in [-0.39, 0.29) is 16.9 Å². The predicted octanol–water partition coefficient (Wildman–Crippen LogP) is 3.98. The highest BCUT2D eigenvalue weighted by Crippen LogP contribution is 2.61. The lowest BCUT2D eigenvalue weighted by atomic mass is 9.49. The summed E-state index contributed by atoms with van der Waals surface area (Å²) in [5, 5.41) is 9.62. The number of hydrogen-bond acceptors (Lipinski definition) is 3. The molecule has 5 heteroatoms. The van der Waals surface area contributed by atoms with Gasteiger partial charge in [-0.15, -0.1) is 0 Å². The number of nitrogens with zero attached hydrogens (tertiary/aromatic N) is 1. The van der Waals surface area contributed by atoms with E-state index in [0.717, 1.165) is 29.0 Å². The van der Waals surface area contributed by atoms with Crippen LogP contribution in [-0.2, 0) is 4.79 Å². The summed E-state index contributed by atoms with van der Waals surface area (Å²) in [6, 6.07) is 10.8. The first-order chi connectivity index (χ1) is 13.1. The van der Waals surface area contributed by atoms with Gasteiger partial charge in [0, 0.05) is 23.7 Å². The van der Waals surface area contributed by atoms with Crippen LogP contribution in [0.3, 0.4) is 0 Å². The molecule has 1 heterocycles. The maximum absolute atomic E-state index is 12.8. The van der Waals surface area contributed by atoms with Gasteiger partial charge in [0.1, 0.15) is 0 Å². The Morgan fingerprint density at radius 2 is 1.78 bits per heavy atom. The molecule has 0 atom stereocenters. The zero-order valence-corrected chi connectivity index (χ0v) is 15.4. The largest absolute Gasteiger partial charge is 0.326 e. The lowest BCUT2D eigenvalue weighted by Gasteiger charge is -2.56. The van der Waals surface area contributed by atoms with Crippen LogP contribution < -0.4 is 10.9 Å². The van der Waals surface area contributed by atoms with E-state index < -0.39 is 0 Å². The summed E-state index contributed by atoms with van der Waals surface area (Å²) in [6.45, 7) is 0. The quantitative estimate of drug-likeness (QED) is 0.863. The zero-order chi connectivity index (χ0) is 18.4. The van der Waals surface area contributed by atoms with Crippen molar-refractivity contribution in [2.24, 2.45) is 23.2 Å². The van der Waals surface area contributed by atoms with Gasteiger partial charge in [-0.3, -0.25) is 9.59 Å². The van der Waals surface area contributed by atoms with E-state index in [4.69, 9.17) is 0 Å². The monoisotopic (exact) mass is 363 g/mol. The molecular formula is C22H25N3O2. The Hall–Kier alpha value is -2.43. The number of amides is 1. The van der Waals surface area contributed by atoms with Crippen LogP contribution >= 0.6 is 0 Å². The van der Waals surface area contributed by atoms with Gasteiger partial charge in [0.05, 0.1) is 5.69 Å². The van der Waals surface area contributed by atoms with E-state index >= 15 is 0 Å². The van der Waals surface area contributed by atoms with Gasteiger partial charge >= 0.3 is 0 Å². The summed E-state index contributed by atoms with van der Waals surface area (Å²) in [7, 11) is 0. The Bertz CT molecular complexity index is 877. The van der Waals surface area contributed by atoms with Crippen molar-refractivity contribution in [1.29, 1.82) is 0 Å². The first-order valence-corrected chi connectivity index (χ1v) is 10.0. The predicted molar refractivity (Wildman–Crippen MR) is 104 cm³/mol. The molecule has 0 spiro atoms. The minimum Gasteiger partial charge on any atom is -0.326 e. The second-order valence-electron chi connectivity index (χ2n) is 9.03. The standard InChI is InChI=1S/C22H25N3O2/c26-20-5-4-19(24-25-20)17-2-1-3-18(9-17)23-21(27)13-22-10-14-6-15(11-22)8-16(7-14)12-22/h1-5,9,14-16H,6-8,10-13H2,(H,23,27)(H,25,26). The number of benzene rings is 1. The number of carbonyl (C=O) groups excluding carboxylic acids is 1. The van der Waals surface area contributed by atoms with Crippen molar-refractivity contribution in [2.75, 3.05) is 5.32 Å². The van der Waals surface area contributed by atoms with Crippen molar-refractivity contribution >= 4 is 11.6 Å². The van der Waals surface area contributed by atoms with Crippen molar-refractivity contribution in [2.45, 2.75) is 44.9 Å². The van der Waals surface area contributed by atoms with Crippen LogP contribution in [0.2, 0.25) is 0 Å². The number of aromatic nitrogens is 2. The summed E-state index contributed by atoms with van der Waals surface area (Å²) in [5.74, 6) is 2.71. The van der Waals surface area contributed by atoms with Crippen molar-refractivity contribution in [1.82, 2.24) is 10.2 Å². The van der Waals surface area contributed by atoms with E-state index in [2.05, 4.69) is 15.5 Å². The summed E-state index contributed by atoms with van der Waals surface area (Å²) < 4.78 is 0. The molecule has 4 fully saturated rings. The van der Waals surface area contributed by atoms with Gasteiger partial charge in [-0.2, -0.15) is 5.10 Å². The molecule has 1 aromatic carbocycles. The minimum atomic E-state index is -0.223. The molecule has 4 saturated carbocycles. The molecule has 0 radical (unpaired) electrons. The number of carbonyl (C=O) groups is 1. The first-order valence-electron chi connectivity index (χ1n) is 10.0. The highest BCUT2D eigenvalue weighted by atomic mass is 16.1. The van der Waals surface area contributed by atoms with Gasteiger partial charge in [-0.1, -0.05) is 12.1 Å². The van der Waals surface area contributed by atoms with Crippen LogP contribution in [0.15, 0.2) is 41.2 Å². The van der Waals surface area contributed by atoms with Gasteiger partial charge in [-0.25, -0.2) is 5.10 Å². The minimum absolute atomic E-state index is 0.128. The number of nitrogens with one attached hydrogen (secondary N) is 2. The van der Waals surface area contributed by atoms with Crippen LogP contribution in [-0.4, -0.2) is 16.1 Å². The summed E-state index contributed by atoms with van der Waals surface area (Å²) >= 11 is 0. The lowest BCUT2D eigenvalue weighted by molar-refractivity contribution is -0.124. The van der Waals surface area contributed by atoms with Crippen LogP contribution in [0, 0.1) is 23.2 Å². The zero-order valence-electron chi connectivity index (χ0n) is 15.4. The molecule has 1 amide bonds. The van der Waals surface area contributed by atoms with Crippen LogP contribution in [0.25, 0.3) is 11.3 Å². The molecule has 0 saturated heterocycles. The molecule has 2 aromatic rings. The van der Waals surface area contributed by atoms with Gasteiger partial charge in [0.25, 0.3) is 5.56 Å². The Morgan fingerprint density at radius 3 is 2.41 bits per heavy atom. The number of rotatable bonds is 4. The van der Waals surface area contributed by atoms with Crippen molar-refractivity contribution in [3.8, 4) is 11.3 Å². The highest BCUT2D eigenvalue weighted by Gasteiger charge is 2.51. The Morgan fingerprint density at radius 1 is 1.07 bits per heavy atom. The molecular weight excluding hydrogens is 338 g/mol. The molecule has 2 N–H and O–H groups in total. The molecule has 1 aromatic heterocycles. The second kappa shape index (κ2) is 6.32. The first kappa shape index (κ1) is 16.7. The molecule has 6 rings (SSSR count). The Kier molecular flexibility index (Phi) is 3.92. The molecule has 27 heavy (non-hydrogen) atoms. The van der Waals surface area contributed by atoms with Crippen LogP contribution in [0.4, 0.5) is 5.69 Å². The summed E-state index contributed by atoms with van der Waals surface area (Å²) in [4.78, 5) is 24.0. The third-order valence-corrected chi connectivity index (χ3v) is 6.82. The highest BCUT2D eigenvalue weighted by molar-refractivity contribution is 5.91. The van der Waals surface area contributed by atoms with E-state index in [1.165, 1.54) is 44.6 Å². The van der Waals surface area contributed by atoms with Crippen molar-refractivity contribution < 1.29 is 4.79 Å². The fraction of sp³-hybridized carbons (Fsp3) is 0.500. The van der Waals surface area contributed by atoms with Gasteiger partial charge < -0.3 is 5.32 Å². The van der Waals surface area contributed by atoms with Crippen LogP contribution in [0.5, 0.6) is 0 Å². The Labute approximate surface area is 158 Å². The Balaban J connectivity index is 1.29. The average Bonchev–Trinajstić information content (AvgIpc) is 2.60. The third-order valence-electron chi connectivity index (χ3n) is 6.82. The van der Waals surface area contributed by atoms with Gasteiger partial charge in [0.15, 0.2) is 0 Å². The van der Waals surface area contributed by atoms with E-state index in [0.29, 0.717) is 12.1 Å². The SMILES string of the molecule is O=C(CC12CC3CC(CC(C3)C1)C2)Nc1cccc(-c2ccc(=O)[nH]n2)c1. The fourth-order valence-corrected chi connectivity index (χ4v) is 6.31. The maximum Gasteiger partial charge on any atom is 0.264 e. The molecule has 140 valence electrons. The van der Waals surface area contributed by atoms with E-state index in [1.54, 1.807) is 6.07 Å². The summed E-state index contributed by atoms with van der Waals surface area (Å²) in [6.07, 6.45) is 8.58. The number of H-pyrrole nitrogens is 1. The molecule has 4 bridgehead atoms. The number of aromatic amines is 1. The maximum atomic E-state index is 12.8. The smallest absolute Gasteiger partial charge is 0.264 e. The van der Waals surface area contributed by atoms with E-state index in [1.807, 2.05) is 24.3 Å². The van der Waals surface area contributed by atoms with E-state index in [9.17, 15) is 9.59 Å². The van der Waals surface area contributed by atoms with Crippen molar-refractivity contribution in [3.05, 3.63) is 46.8 Å². The van der Waals surface area contributed by atoms with Crippen LogP contribution in [0.1, 0.15) is 44.9 Å². The molecule has 5 nitrogen and oxygen atoms in total. The lowest BCUT2D eigenvalue weighted by Crippen LogP contribution is -2.47. The normalized spacial score (nSPS) is 31.0. The van der Waals surface area contributed by atoms with Gasteiger partial charge in [0.2, 0.25) is 5.91 Å². The molecule has 4 aliphatic carbocycles. The fourth-order valence-electron chi connectivity index (χ4n) is 6.31. The molecule has 4 aliphatic rings. The summed E-state index contributed by atoms with van der Waals surface area (Å²) in [5.41, 5.74) is 2.37.